The van der Waals surface area contributed by atoms with Gasteiger partial charge in [0.15, 0.2) is 0 Å². The van der Waals surface area contributed by atoms with Gasteiger partial charge in [0.25, 0.3) is 0 Å². The molecule has 0 radical (unpaired) electrons. The van der Waals surface area contributed by atoms with E-state index in [1.54, 1.807) is 7.05 Å². The lowest BCUT2D eigenvalue weighted by atomic mass is 10.1. The Morgan fingerprint density at radius 1 is 1.57 bits per heavy atom. The molecular weight excluding hydrogens is 180 g/mol. The molecule has 3 N–H and O–H groups in total. The molecule has 0 aliphatic heterocycles. The minimum absolute atomic E-state index is 0.0393. The predicted molar refractivity (Wildman–Crippen MR) is 54.9 cm³/mol. The first-order valence-electron chi connectivity index (χ1n) is 5.28. The normalized spacial score (nSPS) is 28.8. The first-order chi connectivity index (χ1) is 6.63. The summed E-state index contributed by atoms with van der Waals surface area (Å²) in [5.74, 6) is 0.0393. The Balaban J connectivity index is 2.25. The maximum atomic E-state index is 11.1. The van der Waals surface area contributed by atoms with Crippen LogP contribution in [0.5, 0.6) is 0 Å². The van der Waals surface area contributed by atoms with Crippen molar-refractivity contribution in [1.29, 1.82) is 0 Å². The molecule has 0 aromatic heterocycles. The molecule has 82 valence electrons. The van der Waals surface area contributed by atoms with Gasteiger partial charge in [-0.2, -0.15) is 0 Å². The topological polar surface area (TPSA) is 61.4 Å². The van der Waals surface area contributed by atoms with Crippen molar-refractivity contribution >= 4 is 5.91 Å². The van der Waals surface area contributed by atoms with Crippen LogP contribution in [0.4, 0.5) is 0 Å². The second kappa shape index (κ2) is 5.32. The maximum Gasteiger partial charge on any atom is 0.221 e. The second-order valence-electron chi connectivity index (χ2n) is 4.05. The zero-order valence-corrected chi connectivity index (χ0v) is 8.92. The van der Waals surface area contributed by atoms with Gasteiger partial charge in [0, 0.05) is 25.6 Å². The third kappa shape index (κ3) is 3.27. The number of nitrogens with one attached hydrogen (secondary N) is 2. The fourth-order valence-electron chi connectivity index (χ4n) is 1.94. The van der Waals surface area contributed by atoms with E-state index in [9.17, 15) is 9.90 Å². The van der Waals surface area contributed by atoms with Crippen LogP contribution in [0.15, 0.2) is 0 Å². The van der Waals surface area contributed by atoms with E-state index in [1.165, 1.54) is 0 Å². The summed E-state index contributed by atoms with van der Waals surface area (Å²) in [6.07, 6.45) is 3.21. The Hall–Kier alpha value is -0.610. The van der Waals surface area contributed by atoms with E-state index in [0.29, 0.717) is 6.42 Å². The van der Waals surface area contributed by atoms with Crippen molar-refractivity contribution in [2.24, 2.45) is 0 Å². The second-order valence-corrected chi connectivity index (χ2v) is 4.05. The van der Waals surface area contributed by atoms with Crippen LogP contribution in [0.2, 0.25) is 0 Å². The van der Waals surface area contributed by atoms with Crippen molar-refractivity contribution < 1.29 is 9.90 Å². The molecule has 0 bridgehead atoms. The zero-order valence-electron chi connectivity index (χ0n) is 8.92. The number of carbonyl (C=O) groups excluding carboxylic acids is 1. The molecule has 14 heavy (non-hydrogen) atoms. The smallest absolute Gasteiger partial charge is 0.221 e. The molecule has 1 fully saturated rings. The molecule has 1 aliphatic carbocycles. The lowest BCUT2D eigenvalue weighted by Crippen LogP contribution is -2.43. The molecule has 0 aromatic carbocycles. The third-order valence-corrected chi connectivity index (χ3v) is 2.75. The number of rotatable bonds is 4. The van der Waals surface area contributed by atoms with Crippen molar-refractivity contribution in [2.45, 2.75) is 50.8 Å². The summed E-state index contributed by atoms with van der Waals surface area (Å²) < 4.78 is 0. The molecule has 4 nitrogen and oxygen atoms in total. The van der Waals surface area contributed by atoms with Crippen LogP contribution >= 0.6 is 0 Å². The van der Waals surface area contributed by atoms with E-state index < -0.39 is 0 Å². The minimum Gasteiger partial charge on any atom is -0.392 e. The van der Waals surface area contributed by atoms with Gasteiger partial charge < -0.3 is 15.7 Å². The van der Waals surface area contributed by atoms with Gasteiger partial charge in [0.05, 0.1) is 6.10 Å². The van der Waals surface area contributed by atoms with E-state index in [0.717, 1.165) is 19.3 Å². The maximum absolute atomic E-state index is 11.1. The van der Waals surface area contributed by atoms with Gasteiger partial charge in [-0.25, -0.2) is 0 Å². The molecule has 0 heterocycles. The van der Waals surface area contributed by atoms with Crippen LogP contribution in [-0.2, 0) is 4.79 Å². The lowest BCUT2D eigenvalue weighted by molar-refractivity contribution is -0.121. The van der Waals surface area contributed by atoms with E-state index >= 15 is 0 Å². The molecule has 0 spiro atoms. The number of amides is 1. The van der Waals surface area contributed by atoms with Crippen molar-refractivity contribution in [1.82, 2.24) is 10.6 Å². The summed E-state index contributed by atoms with van der Waals surface area (Å²) in [5, 5.41) is 15.4. The summed E-state index contributed by atoms with van der Waals surface area (Å²) in [5.41, 5.74) is 0. The minimum atomic E-state index is -0.234. The molecule has 4 heteroatoms. The molecule has 3 atom stereocenters. The Kier molecular flexibility index (Phi) is 4.35. The molecule has 0 aromatic rings. The monoisotopic (exact) mass is 200 g/mol. The first-order valence-corrected chi connectivity index (χ1v) is 5.28. The van der Waals surface area contributed by atoms with Crippen LogP contribution in [-0.4, -0.2) is 36.2 Å². The summed E-state index contributed by atoms with van der Waals surface area (Å²) in [7, 11) is 1.64. The number of hydrogen-bond acceptors (Lipinski definition) is 3. The Morgan fingerprint density at radius 3 is 2.79 bits per heavy atom. The summed E-state index contributed by atoms with van der Waals surface area (Å²) >= 11 is 0. The number of carbonyl (C=O) groups is 1. The highest BCUT2D eigenvalue weighted by atomic mass is 16.3. The average molecular weight is 200 g/mol. The van der Waals surface area contributed by atoms with Crippen LogP contribution in [0, 0.1) is 0 Å². The first kappa shape index (κ1) is 11.5. The Labute approximate surface area is 85.1 Å². The highest BCUT2D eigenvalue weighted by Crippen LogP contribution is 2.19. The predicted octanol–water partition coefficient (Wildman–Crippen LogP) is 0.0140. The number of aliphatic hydroxyl groups excluding tert-OH is 1. The van der Waals surface area contributed by atoms with Gasteiger partial charge in [0.2, 0.25) is 5.91 Å². The van der Waals surface area contributed by atoms with Crippen LogP contribution in [0.3, 0.4) is 0 Å². The highest BCUT2D eigenvalue weighted by Gasteiger charge is 2.26. The van der Waals surface area contributed by atoms with Crippen LogP contribution < -0.4 is 10.6 Å². The van der Waals surface area contributed by atoms with Gasteiger partial charge >= 0.3 is 0 Å². The van der Waals surface area contributed by atoms with Gasteiger partial charge in [-0.1, -0.05) is 0 Å². The van der Waals surface area contributed by atoms with Crippen molar-refractivity contribution in [3.63, 3.8) is 0 Å². The third-order valence-electron chi connectivity index (χ3n) is 2.75. The quantitative estimate of drug-likeness (QED) is 0.599. The van der Waals surface area contributed by atoms with Gasteiger partial charge in [-0.05, 0) is 26.2 Å². The van der Waals surface area contributed by atoms with Crippen molar-refractivity contribution in [3.05, 3.63) is 0 Å². The lowest BCUT2D eigenvalue weighted by Gasteiger charge is -2.21. The van der Waals surface area contributed by atoms with Crippen LogP contribution in [0.1, 0.15) is 32.6 Å². The Bertz CT molecular complexity index is 197. The molecule has 3 unspecified atom stereocenters. The molecular formula is C10H20N2O2. The van der Waals surface area contributed by atoms with E-state index in [-0.39, 0.29) is 24.1 Å². The number of aliphatic hydroxyl groups is 1. The van der Waals surface area contributed by atoms with E-state index in [4.69, 9.17) is 0 Å². The SMILES string of the molecule is CNC(=O)CC(C)NC1CCCC1O. The molecule has 1 rings (SSSR count). The van der Waals surface area contributed by atoms with Crippen molar-refractivity contribution in [3.8, 4) is 0 Å². The van der Waals surface area contributed by atoms with Crippen LogP contribution in [0.25, 0.3) is 0 Å². The highest BCUT2D eigenvalue weighted by molar-refractivity contribution is 5.76. The summed E-state index contributed by atoms with van der Waals surface area (Å²) in [4.78, 5) is 11.1. The fourth-order valence-corrected chi connectivity index (χ4v) is 1.94. The molecule has 0 saturated heterocycles. The molecule has 1 amide bonds. The summed E-state index contributed by atoms with van der Waals surface area (Å²) in [6.45, 7) is 1.97. The van der Waals surface area contributed by atoms with Gasteiger partial charge in [0.1, 0.15) is 0 Å². The van der Waals surface area contributed by atoms with E-state index in [2.05, 4.69) is 10.6 Å². The molecule has 1 saturated carbocycles. The van der Waals surface area contributed by atoms with Gasteiger partial charge in [-0.15, -0.1) is 0 Å². The zero-order chi connectivity index (χ0) is 10.6. The number of hydrogen-bond donors (Lipinski definition) is 3. The standard InChI is InChI=1S/C10H20N2O2/c1-7(6-10(14)11-2)12-8-4-3-5-9(8)13/h7-9,12-13H,3-6H2,1-2H3,(H,11,14). The average Bonchev–Trinajstić information content (AvgIpc) is 2.51. The molecule has 1 aliphatic rings. The summed E-state index contributed by atoms with van der Waals surface area (Å²) in [6, 6.07) is 0.308. The fraction of sp³-hybridized carbons (Fsp3) is 0.900. The van der Waals surface area contributed by atoms with Gasteiger partial charge in [-0.3, -0.25) is 4.79 Å². The Morgan fingerprint density at radius 2 is 2.29 bits per heavy atom. The largest absolute Gasteiger partial charge is 0.392 e. The van der Waals surface area contributed by atoms with Crippen molar-refractivity contribution in [2.75, 3.05) is 7.05 Å². The van der Waals surface area contributed by atoms with E-state index in [1.807, 2.05) is 6.92 Å².